The number of nitro benzene ring substituents is 1. The highest BCUT2D eigenvalue weighted by molar-refractivity contribution is 6.11. The highest BCUT2D eigenvalue weighted by atomic mass is 16.7. The fraction of sp³-hybridized carbons (Fsp3) is 0.419. The molecule has 0 aliphatic carbocycles. The molecule has 7 N–H and O–H groups in total. The largest absolute Gasteiger partial charge is 0.469 e. The lowest BCUT2D eigenvalue weighted by molar-refractivity contribution is -0.383. The molecule has 342 valence electrons. The Bertz CT molecular complexity index is 2330. The molecule has 0 spiro atoms. The Labute approximate surface area is 366 Å². The van der Waals surface area contributed by atoms with Gasteiger partial charge in [0.05, 0.1) is 41.8 Å². The number of esters is 2. The standard InChI is InChI=1S/C43H51N7O14/c1-23(41(56)49-30(40(44)55)17-18-33(52)60-4)46-42(57)24(2)63-39-37(47-25(3)51)43(62-21-26-11-6-5-7-12-26)64-32(38(39)54)22-61-34(53)19-20-45-36-27-13-8-9-14-28(27)48-29-15-10-16-31(35(29)36)50(58)59/h5-16,23-24,30,32,37-39,43,54H,17-22H2,1-4H3,(H2,44,55)(H,45,48)(H,46,57)(H,47,51)(H,49,56)/t23-,24?,30+,32+,37+,38+,39+,43-/m0/s1. The van der Waals surface area contributed by atoms with E-state index in [0.717, 1.165) is 5.56 Å². The van der Waals surface area contributed by atoms with Crippen molar-refractivity contribution < 1.29 is 62.5 Å². The van der Waals surface area contributed by atoms with Crippen LogP contribution >= 0.6 is 0 Å². The Balaban J connectivity index is 1.28. The number of pyridine rings is 1. The fourth-order valence-electron chi connectivity index (χ4n) is 6.94. The van der Waals surface area contributed by atoms with Gasteiger partial charge in [0, 0.05) is 31.3 Å². The van der Waals surface area contributed by atoms with Crippen molar-refractivity contribution in [2.75, 3.05) is 25.6 Å². The summed E-state index contributed by atoms with van der Waals surface area (Å²) in [4.78, 5) is 91.6. The predicted octanol–water partition coefficient (Wildman–Crippen LogP) is 1.65. The molecule has 8 atom stereocenters. The van der Waals surface area contributed by atoms with Crippen LogP contribution in [0.4, 0.5) is 11.4 Å². The number of nitrogens with zero attached hydrogens (tertiary/aromatic N) is 2. The molecule has 64 heavy (non-hydrogen) atoms. The zero-order valence-corrected chi connectivity index (χ0v) is 35.5. The molecule has 21 nitrogen and oxygen atoms in total. The number of nitrogens with two attached hydrogens (primary N) is 1. The summed E-state index contributed by atoms with van der Waals surface area (Å²) < 4.78 is 28.4. The minimum Gasteiger partial charge on any atom is -0.469 e. The summed E-state index contributed by atoms with van der Waals surface area (Å²) >= 11 is 0. The maximum absolute atomic E-state index is 13.4. The van der Waals surface area contributed by atoms with Gasteiger partial charge in [0.1, 0.15) is 54.5 Å². The van der Waals surface area contributed by atoms with Crippen LogP contribution in [0, 0.1) is 10.1 Å². The number of primary amides is 1. The van der Waals surface area contributed by atoms with Gasteiger partial charge in [-0.2, -0.15) is 0 Å². The van der Waals surface area contributed by atoms with E-state index in [2.05, 4.69) is 31.0 Å². The van der Waals surface area contributed by atoms with Gasteiger partial charge in [-0.3, -0.25) is 38.9 Å². The number of non-ortho nitro benzene ring substituents is 1. The van der Waals surface area contributed by atoms with Gasteiger partial charge < -0.3 is 55.8 Å². The first-order valence-electron chi connectivity index (χ1n) is 20.3. The number of methoxy groups -OCH3 is 1. The number of carbonyl (C=O) groups excluding carboxylic acids is 6. The normalized spacial score (nSPS) is 19.7. The molecule has 1 saturated heterocycles. The second kappa shape index (κ2) is 22.5. The van der Waals surface area contributed by atoms with Crippen LogP contribution in [0.15, 0.2) is 72.8 Å². The van der Waals surface area contributed by atoms with Crippen LogP contribution < -0.4 is 27.0 Å². The van der Waals surface area contributed by atoms with E-state index in [1.165, 1.54) is 40.0 Å². The number of hydrogen-bond acceptors (Lipinski definition) is 16. The van der Waals surface area contributed by atoms with Crippen LogP contribution in [0.25, 0.3) is 21.8 Å². The van der Waals surface area contributed by atoms with E-state index in [-0.39, 0.29) is 43.5 Å². The Kier molecular flexibility index (Phi) is 17.0. The third kappa shape index (κ3) is 12.6. The maximum atomic E-state index is 13.4. The molecule has 0 bridgehead atoms. The SMILES string of the molecule is COC(=O)CC[C@@H](NC(=O)[C@H](C)NC(=O)C(C)O[C@H]1[C@H](O)[C@@H](COC(=O)CCNc2c3ccccc3nc3cccc([N+](=O)[O-])c23)O[C@H](OCc2ccccc2)[C@@H]1NC(C)=O)C(N)=O. The quantitative estimate of drug-likeness (QED) is 0.0300. The van der Waals surface area contributed by atoms with Crippen LogP contribution in [0.5, 0.6) is 0 Å². The monoisotopic (exact) mass is 889 g/mol. The van der Waals surface area contributed by atoms with Gasteiger partial charge in [-0.1, -0.05) is 54.6 Å². The van der Waals surface area contributed by atoms with Crippen molar-refractivity contribution in [2.24, 2.45) is 5.73 Å². The Hall–Kier alpha value is -6.81. The Morgan fingerprint density at radius 3 is 2.31 bits per heavy atom. The molecule has 1 aliphatic heterocycles. The third-order valence-corrected chi connectivity index (χ3v) is 10.2. The van der Waals surface area contributed by atoms with Crippen LogP contribution in [0.1, 0.15) is 45.6 Å². The number of aromatic nitrogens is 1. The van der Waals surface area contributed by atoms with Crippen molar-refractivity contribution in [2.45, 2.75) is 95.5 Å². The van der Waals surface area contributed by atoms with Crippen molar-refractivity contribution in [3.8, 4) is 0 Å². The number of nitro groups is 1. The molecule has 21 heteroatoms. The first-order chi connectivity index (χ1) is 30.6. The lowest BCUT2D eigenvalue weighted by atomic mass is 9.96. The fourth-order valence-corrected chi connectivity index (χ4v) is 6.94. The first kappa shape index (κ1) is 48.2. The van der Waals surface area contributed by atoms with Crippen LogP contribution in [0.3, 0.4) is 0 Å². The highest BCUT2D eigenvalue weighted by Gasteiger charge is 2.49. The molecule has 4 aromatic rings. The molecule has 0 saturated carbocycles. The summed E-state index contributed by atoms with van der Waals surface area (Å²) in [6.07, 6.45) is -7.67. The summed E-state index contributed by atoms with van der Waals surface area (Å²) in [6.45, 7) is 3.33. The molecule has 1 unspecified atom stereocenters. The minimum atomic E-state index is -1.64. The lowest BCUT2D eigenvalue weighted by Gasteiger charge is -2.45. The summed E-state index contributed by atoms with van der Waals surface area (Å²) in [5.41, 5.74) is 7.33. The Morgan fingerprint density at radius 2 is 1.62 bits per heavy atom. The first-order valence-corrected chi connectivity index (χ1v) is 20.3. The van der Waals surface area contributed by atoms with Crippen molar-refractivity contribution in [1.29, 1.82) is 0 Å². The number of aliphatic hydroxyl groups is 1. The molecular formula is C43H51N7O14. The second-order valence-corrected chi connectivity index (χ2v) is 14.9. The highest BCUT2D eigenvalue weighted by Crippen LogP contribution is 2.36. The molecule has 0 radical (unpaired) electrons. The van der Waals surface area contributed by atoms with Crippen LogP contribution in [-0.4, -0.2) is 120 Å². The molecule has 1 aromatic heterocycles. The van der Waals surface area contributed by atoms with Gasteiger partial charge in [0.15, 0.2) is 6.29 Å². The predicted molar refractivity (Wildman–Crippen MR) is 228 cm³/mol. The van der Waals surface area contributed by atoms with Crippen LogP contribution in [-0.2, 0) is 59.1 Å². The van der Waals surface area contributed by atoms with Gasteiger partial charge in [-0.25, -0.2) is 4.98 Å². The topological polar surface area (TPSA) is 299 Å². The number of ether oxygens (including phenoxy) is 5. The number of anilines is 1. The summed E-state index contributed by atoms with van der Waals surface area (Å²) in [5, 5.41) is 35.2. The average molecular weight is 890 g/mol. The van der Waals surface area contributed by atoms with Gasteiger partial charge in [0.2, 0.25) is 23.6 Å². The molecule has 5 rings (SSSR count). The van der Waals surface area contributed by atoms with Gasteiger partial charge >= 0.3 is 11.9 Å². The molecule has 3 aromatic carbocycles. The van der Waals surface area contributed by atoms with Gasteiger partial charge in [0.25, 0.3) is 5.69 Å². The van der Waals surface area contributed by atoms with Crippen molar-refractivity contribution in [1.82, 2.24) is 20.9 Å². The second-order valence-electron chi connectivity index (χ2n) is 14.9. The van der Waals surface area contributed by atoms with E-state index >= 15 is 0 Å². The average Bonchev–Trinajstić information content (AvgIpc) is 3.27. The summed E-state index contributed by atoms with van der Waals surface area (Å²) in [7, 11) is 1.17. The van der Waals surface area contributed by atoms with Crippen molar-refractivity contribution in [3.05, 3.63) is 88.5 Å². The van der Waals surface area contributed by atoms with Gasteiger partial charge in [-0.15, -0.1) is 0 Å². The Morgan fingerprint density at radius 1 is 0.922 bits per heavy atom. The van der Waals surface area contributed by atoms with E-state index in [1.807, 2.05) is 6.07 Å². The lowest BCUT2D eigenvalue weighted by Crippen LogP contribution is -2.66. The number of carbonyl (C=O) groups is 6. The van der Waals surface area contributed by atoms with E-state index in [4.69, 9.17) is 24.7 Å². The third-order valence-electron chi connectivity index (χ3n) is 10.2. The van der Waals surface area contributed by atoms with Gasteiger partial charge in [-0.05, 0) is 38.0 Å². The zero-order chi connectivity index (χ0) is 46.5. The smallest absolute Gasteiger partial charge is 0.307 e. The van der Waals surface area contributed by atoms with Crippen molar-refractivity contribution >= 4 is 68.7 Å². The van der Waals surface area contributed by atoms with Crippen molar-refractivity contribution in [3.63, 3.8) is 0 Å². The number of amides is 4. The summed E-state index contributed by atoms with van der Waals surface area (Å²) in [6, 6.07) is 16.9. The molecule has 1 fully saturated rings. The zero-order valence-electron chi connectivity index (χ0n) is 35.5. The van der Waals surface area contributed by atoms with E-state index in [0.29, 0.717) is 22.1 Å². The van der Waals surface area contributed by atoms with E-state index < -0.39 is 95.9 Å². The number of fused-ring (bicyclic) bond motifs is 2. The number of nitrogens with one attached hydrogen (secondary N) is 4. The van der Waals surface area contributed by atoms with E-state index in [9.17, 15) is 44.0 Å². The number of rotatable bonds is 21. The maximum Gasteiger partial charge on any atom is 0.307 e. The molecule has 2 heterocycles. The minimum absolute atomic E-state index is 0.0129. The summed E-state index contributed by atoms with van der Waals surface area (Å²) in [5.74, 6) is -4.45. The van der Waals surface area contributed by atoms with Crippen LogP contribution in [0.2, 0.25) is 0 Å². The molecule has 4 amide bonds. The molecule has 1 aliphatic rings. The number of hydrogen-bond donors (Lipinski definition) is 6. The molecular weight excluding hydrogens is 839 g/mol. The number of para-hydroxylation sites is 1. The number of benzene rings is 3. The number of aliphatic hydroxyl groups excluding tert-OH is 1. The van der Waals surface area contributed by atoms with E-state index in [1.54, 1.807) is 54.6 Å².